The van der Waals surface area contributed by atoms with Gasteiger partial charge in [0.1, 0.15) is 11.2 Å². The molecule has 0 saturated carbocycles. The van der Waals surface area contributed by atoms with Crippen molar-refractivity contribution in [2.24, 2.45) is 0 Å². The molecule has 206 valence electrons. The zero-order valence-electron chi connectivity index (χ0n) is 24.1. The van der Waals surface area contributed by atoms with Gasteiger partial charge < -0.3 is 4.42 Å². The Morgan fingerprint density at radius 2 is 0.932 bits per heavy atom. The summed E-state index contributed by atoms with van der Waals surface area (Å²) in [5, 5.41) is 9.70. The van der Waals surface area contributed by atoms with E-state index in [0.29, 0.717) is 0 Å². The fourth-order valence-electron chi connectivity index (χ4n) is 7.05. The minimum atomic E-state index is 0.915. The average Bonchev–Trinajstić information content (AvgIpc) is 3.48. The van der Waals surface area contributed by atoms with Gasteiger partial charge >= 0.3 is 0 Å². The second-order valence-corrected chi connectivity index (χ2v) is 11.7. The molecule has 0 radical (unpaired) electrons. The van der Waals surface area contributed by atoms with Crippen LogP contribution in [-0.4, -0.2) is 0 Å². The van der Waals surface area contributed by atoms with Gasteiger partial charge in [-0.3, -0.25) is 0 Å². The Balaban J connectivity index is 1.31. The van der Waals surface area contributed by atoms with Crippen LogP contribution in [0.3, 0.4) is 0 Å². The molecule has 0 spiro atoms. The Morgan fingerprint density at radius 3 is 1.73 bits per heavy atom. The molecule has 0 unspecified atom stereocenters. The molecule has 1 heteroatoms. The third-order valence-electron chi connectivity index (χ3n) is 9.04. The van der Waals surface area contributed by atoms with Gasteiger partial charge in [-0.1, -0.05) is 140 Å². The quantitative estimate of drug-likeness (QED) is 0.195. The smallest absolute Gasteiger partial charge is 0.144 e. The van der Waals surface area contributed by atoms with Crippen molar-refractivity contribution in [3.05, 3.63) is 169 Å². The summed E-state index contributed by atoms with van der Waals surface area (Å²) >= 11 is 0. The summed E-state index contributed by atoms with van der Waals surface area (Å²) in [5.41, 5.74) is 9.32. The van der Waals surface area contributed by atoms with Gasteiger partial charge in [0.25, 0.3) is 0 Å². The van der Waals surface area contributed by atoms with Gasteiger partial charge in [0.05, 0.1) is 0 Å². The van der Waals surface area contributed by atoms with Gasteiger partial charge in [0, 0.05) is 16.2 Å². The molecule has 8 aromatic carbocycles. The second-order valence-electron chi connectivity index (χ2n) is 11.7. The Labute approximate surface area is 255 Å². The molecule has 0 fully saturated rings. The number of rotatable bonds is 4. The van der Waals surface area contributed by atoms with Gasteiger partial charge in [-0.2, -0.15) is 0 Å². The maximum absolute atomic E-state index is 6.77. The predicted octanol–water partition coefficient (Wildman–Crippen LogP) is 12.0. The topological polar surface area (TPSA) is 13.1 Å². The molecule has 0 bridgehead atoms. The van der Waals surface area contributed by atoms with Crippen LogP contribution in [0.4, 0.5) is 0 Å². The van der Waals surface area contributed by atoms with Crippen LogP contribution in [0.15, 0.2) is 162 Å². The lowest BCUT2D eigenvalue weighted by Gasteiger charge is -2.14. The minimum absolute atomic E-state index is 0.915. The van der Waals surface area contributed by atoms with E-state index in [2.05, 4.69) is 158 Å². The van der Waals surface area contributed by atoms with Crippen molar-refractivity contribution >= 4 is 54.3 Å². The molecular weight excluding hydrogens is 532 g/mol. The summed E-state index contributed by atoms with van der Waals surface area (Å²) in [6.45, 7) is 0. The van der Waals surface area contributed by atoms with Gasteiger partial charge in [-0.15, -0.1) is 0 Å². The van der Waals surface area contributed by atoms with Crippen molar-refractivity contribution in [3.63, 3.8) is 0 Å². The number of para-hydroxylation sites is 1. The molecule has 1 heterocycles. The molecule has 0 aliphatic rings. The molecule has 9 aromatic rings. The van der Waals surface area contributed by atoms with Gasteiger partial charge in [-0.25, -0.2) is 0 Å². The molecule has 0 aliphatic heterocycles. The highest BCUT2D eigenvalue weighted by atomic mass is 16.3. The number of hydrogen-bond donors (Lipinski definition) is 0. The number of furan rings is 1. The monoisotopic (exact) mass is 560 g/mol. The molecule has 44 heavy (non-hydrogen) atoms. The summed E-state index contributed by atoms with van der Waals surface area (Å²) in [6, 6.07) is 57.0. The molecule has 0 amide bonds. The van der Waals surface area contributed by atoms with Crippen LogP contribution in [0.2, 0.25) is 0 Å². The summed E-state index contributed by atoms with van der Waals surface area (Å²) in [4.78, 5) is 0. The zero-order chi connectivity index (χ0) is 29.0. The first-order chi connectivity index (χ1) is 21.8. The number of hydrogen-bond acceptors (Lipinski definition) is 1. The van der Waals surface area contributed by atoms with E-state index in [4.69, 9.17) is 4.42 Å². The van der Waals surface area contributed by atoms with Crippen LogP contribution >= 0.6 is 0 Å². The lowest BCUT2D eigenvalue weighted by molar-refractivity contribution is 0.673. The maximum atomic E-state index is 6.77. The fraction of sp³-hybridized carbons (Fsp3) is 0.0233. The van der Waals surface area contributed by atoms with E-state index < -0.39 is 0 Å². The minimum Gasteiger partial charge on any atom is -0.455 e. The van der Waals surface area contributed by atoms with Crippen molar-refractivity contribution in [2.45, 2.75) is 6.42 Å². The van der Waals surface area contributed by atoms with Gasteiger partial charge in [-0.05, 0) is 84.9 Å². The van der Waals surface area contributed by atoms with Crippen molar-refractivity contribution in [1.29, 1.82) is 0 Å². The maximum Gasteiger partial charge on any atom is 0.144 e. The summed E-state index contributed by atoms with van der Waals surface area (Å²) < 4.78 is 6.77. The van der Waals surface area contributed by atoms with E-state index in [1.807, 2.05) is 0 Å². The van der Waals surface area contributed by atoms with E-state index in [1.165, 1.54) is 71.1 Å². The van der Waals surface area contributed by atoms with Crippen molar-refractivity contribution in [3.8, 4) is 22.3 Å². The first-order valence-electron chi connectivity index (χ1n) is 15.2. The molecule has 0 saturated heterocycles. The standard InChI is InChI=1S/C43H28O/c1-2-12-28(13-3-1)24-29-14-10-15-30(25-29)31-16-11-17-32(26-31)38-27-39-35-20-5-4-18-33(35)34-19-6-7-21-36(34)41(39)43-42(38)37-22-8-9-23-40(37)44-43/h1-23,25-27H,24H2. The Hall–Kier alpha value is -5.66. The van der Waals surface area contributed by atoms with E-state index >= 15 is 0 Å². The highest BCUT2D eigenvalue weighted by molar-refractivity contribution is 6.34. The molecule has 1 nitrogen and oxygen atoms in total. The molecule has 9 rings (SSSR count). The van der Waals surface area contributed by atoms with Crippen LogP contribution in [-0.2, 0) is 6.42 Å². The third kappa shape index (κ3) is 3.94. The van der Waals surface area contributed by atoms with E-state index in [1.54, 1.807) is 0 Å². The Kier molecular flexibility index (Phi) is 5.64. The van der Waals surface area contributed by atoms with Crippen LogP contribution in [0.25, 0.3) is 76.5 Å². The summed E-state index contributed by atoms with van der Waals surface area (Å²) in [6.07, 6.45) is 0.918. The largest absolute Gasteiger partial charge is 0.455 e. The second kappa shape index (κ2) is 9.97. The molecule has 0 atom stereocenters. The predicted molar refractivity (Wildman–Crippen MR) is 186 cm³/mol. The highest BCUT2D eigenvalue weighted by Crippen LogP contribution is 2.46. The van der Waals surface area contributed by atoms with Crippen LogP contribution < -0.4 is 0 Å². The normalized spacial score (nSPS) is 11.7. The SMILES string of the molecule is c1ccc(Cc2cccc(-c3cccc(-c4cc5c6ccccc6c6ccccc6c5c5oc6ccccc6c45)c3)c2)cc1. The molecule has 0 aliphatic carbocycles. The zero-order valence-corrected chi connectivity index (χ0v) is 24.1. The molecule has 0 N–H and O–H groups in total. The number of benzene rings is 8. The summed E-state index contributed by atoms with van der Waals surface area (Å²) in [5.74, 6) is 0. The Bertz CT molecular complexity index is 2520. The van der Waals surface area contributed by atoms with Crippen LogP contribution in [0.5, 0.6) is 0 Å². The lowest BCUT2D eigenvalue weighted by Crippen LogP contribution is -1.89. The van der Waals surface area contributed by atoms with E-state index in [9.17, 15) is 0 Å². The van der Waals surface area contributed by atoms with Crippen LogP contribution in [0, 0.1) is 0 Å². The van der Waals surface area contributed by atoms with Gasteiger partial charge in [0.2, 0.25) is 0 Å². The highest BCUT2D eigenvalue weighted by Gasteiger charge is 2.20. The fourth-order valence-corrected chi connectivity index (χ4v) is 7.05. The first kappa shape index (κ1) is 24.9. The third-order valence-corrected chi connectivity index (χ3v) is 9.04. The van der Waals surface area contributed by atoms with E-state index in [0.717, 1.165) is 23.0 Å². The van der Waals surface area contributed by atoms with Crippen molar-refractivity contribution in [1.82, 2.24) is 0 Å². The van der Waals surface area contributed by atoms with Crippen molar-refractivity contribution < 1.29 is 4.42 Å². The lowest BCUT2D eigenvalue weighted by atomic mass is 9.88. The first-order valence-corrected chi connectivity index (χ1v) is 15.2. The Morgan fingerprint density at radius 1 is 0.364 bits per heavy atom. The average molecular weight is 561 g/mol. The molecular formula is C43H28O. The van der Waals surface area contributed by atoms with E-state index in [-0.39, 0.29) is 0 Å². The number of fused-ring (bicyclic) bond motifs is 10. The van der Waals surface area contributed by atoms with Crippen molar-refractivity contribution in [2.75, 3.05) is 0 Å². The molecule has 1 aromatic heterocycles. The summed E-state index contributed by atoms with van der Waals surface area (Å²) in [7, 11) is 0. The van der Waals surface area contributed by atoms with Crippen LogP contribution in [0.1, 0.15) is 11.1 Å². The van der Waals surface area contributed by atoms with Gasteiger partial charge in [0.15, 0.2) is 0 Å².